The minimum atomic E-state index is -0.481. The molecular weight excluding hydrogens is 160 g/mol. The van der Waals surface area contributed by atoms with E-state index in [2.05, 4.69) is 9.68 Å². The van der Waals surface area contributed by atoms with E-state index in [9.17, 15) is 10.1 Å². The third-order valence-electron chi connectivity index (χ3n) is 1.57. The van der Waals surface area contributed by atoms with E-state index >= 15 is 0 Å². The van der Waals surface area contributed by atoms with E-state index in [-0.39, 0.29) is 5.69 Å². The molecule has 0 radical (unpaired) electrons. The molecule has 2 rings (SSSR count). The van der Waals surface area contributed by atoms with Gasteiger partial charge in [-0.2, -0.15) is 0 Å². The average molecular weight is 164 g/mol. The largest absolute Gasteiger partial charge is 0.363 e. The zero-order chi connectivity index (χ0) is 8.55. The van der Waals surface area contributed by atoms with Crippen LogP contribution in [0.15, 0.2) is 29.0 Å². The molecule has 0 saturated heterocycles. The van der Waals surface area contributed by atoms with Crippen molar-refractivity contribution in [3.63, 3.8) is 0 Å². The second-order valence-corrected chi connectivity index (χ2v) is 2.29. The summed E-state index contributed by atoms with van der Waals surface area (Å²) in [5, 5.41) is 14.6. The van der Waals surface area contributed by atoms with E-state index in [1.54, 1.807) is 12.1 Å². The van der Waals surface area contributed by atoms with Crippen molar-refractivity contribution < 1.29 is 9.45 Å². The Morgan fingerprint density at radius 3 is 3.08 bits per heavy atom. The number of hydrogen-bond acceptors (Lipinski definition) is 4. The maximum Gasteiger partial charge on any atom is 0.299 e. The van der Waals surface area contributed by atoms with Crippen LogP contribution in [-0.4, -0.2) is 10.1 Å². The molecule has 12 heavy (non-hydrogen) atoms. The first-order valence-corrected chi connectivity index (χ1v) is 3.26. The minimum absolute atomic E-state index is 0.0266. The Kier molecular flexibility index (Phi) is 1.30. The first-order chi connectivity index (χ1) is 5.79. The van der Waals surface area contributed by atoms with Gasteiger partial charge in [0.1, 0.15) is 6.26 Å². The summed E-state index contributed by atoms with van der Waals surface area (Å²) >= 11 is 0. The maximum absolute atomic E-state index is 10.4. The van der Waals surface area contributed by atoms with Crippen molar-refractivity contribution in [3.05, 3.63) is 34.6 Å². The summed E-state index contributed by atoms with van der Waals surface area (Å²) in [6, 6.07) is 4.70. The topological polar surface area (TPSA) is 69.2 Å². The third kappa shape index (κ3) is 0.833. The van der Waals surface area contributed by atoms with Crippen molar-refractivity contribution in [1.82, 2.24) is 5.16 Å². The highest BCUT2D eigenvalue weighted by Gasteiger charge is 2.13. The van der Waals surface area contributed by atoms with Crippen LogP contribution in [0.25, 0.3) is 10.9 Å². The summed E-state index contributed by atoms with van der Waals surface area (Å²) in [4.78, 5) is 9.96. The molecule has 1 aromatic heterocycles. The van der Waals surface area contributed by atoms with Gasteiger partial charge in [0.25, 0.3) is 5.69 Å². The highest BCUT2D eigenvalue weighted by Crippen LogP contribution is 2.22. The number of fused-ring (bicyclic) bond motifs is 1. The lowest BCUT2D eigenvalue weighted by Crippen LogP contribution is -1.88. The average Bonchev–Trinajstić information content (AvgIpc) is 2.49. The summed E-state index contributed by atoms with van der Waals surface area (Å²) in [6.07, 6.45) is 1.38. The number of non-ortho nitro benzene ring substituents is 1. The fraction of sp³-hybridized carbons (Fsp3) is 0. The Balaban J connectivity index is 2.82. The smallest absolute Gasteiger partial charge is 0.299 e. The van der Waals surface area contributed by atoms with Gasteiger partial charge >= 0.3 is 0 Å². The molecule has 0 aliphatic rings. The monoisotopic (exact) mass is 164 g/mol. The molecule has 0 bridgehead atoms. The first kappa shape index (κ1) is 6.78. The van der Waals surface area contributed by atoms with Gasteiger partial charge in [-0.15, -0.1) is 0 Å². The highest BCUT2D eigenvalue weighted by molar-refractivity contribution is 5.85. The lowest BCUT2D eigenvalue weighted by Gasteiger charge is -1.88. The normalized spacial score (nSPS) is 10.3. The number of nitro groups is 1. The van der Waals surface area contributed by atoms with E-state index in [0.29, 0.717) is 10.9 Å². The summed E-state index contributed by atoms with van der Waals surface area (Å²) < 4.78 is 4.60. The zero-order valence-electron chi connectivity index (χ0n) is 5.93. The lowest BCUT2D eigenvalue weighted by atomic mass is 10.2. The van der Waals surface area contributed by atoms with Crippen LogP contribution in [-0.2, 0) is 0 Å². The maximum atomic E-state index is 10.4. The van der Waals surface area contributed by atoms with E-state index in [1.807, 2.05) is 0 Å². The van der Waals surface area contributed by atoms with E-state index in [1.165, 1.54) is 12.3 Å². The van der Waals surface area contributed by atoms with Crippen molar-refractivity contribution in [1.29, 1.82) is 0 Å². The number of hydrogen-bond donors (Lipinski definition) is 0. The predicted octanol–water partition coefficient (Wildman–Crippen LogP) is 1.74. The molecule has 5 heteroatoms. The second-order valence-electron chi connectivity index (χ2n) is 2.29. The Labute approximate surface area is 66.7 Å². The standard InChI is InChI=1S/C7H4N2O3/c10-9(11)6-3-1-2-5-4-12-8-7(5)6/h1-4H. The fourth-order valence-corrected chi connectivity index (χ4v) is 1.03. The molecule has 5 nitrogen and oxygen atoms in total. The highest BCUT2D eigenvalue weighted by atomic mass is 16.6. The molecule has 0 aliphatic heterocycles. The molecular formula is C7H4N2O3. The van der Waals surface area contributed by atoms with Crippen LogP contribution in [0, 0.1) is 10.1 Å². The van der Waals surface area contributed by atoms with Gasteiger partial charge in [-0.25, -0.2) is 0 Å². The fourth-order valence-electron chi connectivity index (χ4n) is 1.03. The van der Waals surface area contributed by atoms with Gasteiger partial charge in [0.15, 0.2) is 5.52 Å². The van der Waals surface area contributed by atoms with Crippen LogP contribution in [0.4, 0.5) is 5.69 Å². The molecule has 0 aliphatic carbocycles. The van der Waals surface area contributed by atoms with Gasteiger partial charge in [-0.05, 0) is 6.07 Å². The third-order valence-corrected chi connectivity index (χ3v) is 1.57. The van der Waals surface area contributed by atoms with Crippen molar-refractivity contribution in [2.45, 2.75) is 0 Å². The van der Waals surface area contributed by atoms with Crippen LogP contribution >= 0.6 is 0 Å². The van der Waals surface area contributed by atoms with Gasteiger partial charge < -0.3 is 4.52 Å². The minimum Gasteiger partial charge on any atom is -0.363 e. The van der Waals surface area contributed by atoms with Crippen molar-refractivity contribution in [3.8, 4) is 0 Å². The summed E-state index contributed by atoms with van der Waals surface area (Å²) in [5.74, 6) is 0. The molecule has 0 saturated carbocycles. The summed E-state index contributed by atoms with van der Waals surface area (Å²) in [6.45, 7) is 0. The number of rotatable bonds is 1. The molecule has 0 atom stereocenters. The molecule has 60 valence electrons. The first-order valence-electron chi connectivity index (χ1n) is 3.26. The Morgan fingerprint density at radius 1 is 1.50 bits per heavy atom. The Morgan fingerprint density at radius 2 is 2.33 bits per heavy atom. The SMILES string of the molecule is O=[N+]([O-])c1cccc2conc12. The molecule has 0 N–H and O–H groups in total. The lowest BCUT2D eigenvalue weighted by molar-refractivity contribution is -0.383. The van der Waals surface area contributed by atoms with E-state index in [0.717, 1.165) is 0 Å². The van der Waals surface area contributed by atoms with Gasteiger partial charge in [-0.3, -0.25) is 10.1 Å². The molecule has 0 fully saturated rings. The summed E-state index contributed by atoms with van der Waals surface area (Å²) in [7, 11) is 0. The van der Waals surface area contributed by atoms with Crippen LogP contribution in [0.3, 0.4) is 0 Å². The molecule has 0 amide bonds. The molecule has 2 aromatic rings. The van der Waals surface area contributed by atoms with Crippen molar-refractivity contribution in [2.75, 3.05) is 0 Å². The summed E-state index contributed by atoms with van der Waals surface area (Å²) in [5.41, 5.74) is 0.267. The van der Waals surface area contributed by atoms with Gasteiger partial charge in [0.05, 0.1) is 4.92 Å². The molecule has 1 heterocycles. The van der Waals surface area contributed by atoms with Crippen LogP contribution < -0.4 is 0 Å². The van der Waals surface area contributed by atoms with Crippen molar-refractivity contribution in [2.24, 2.45) is 0 Å². The van der Waals surface area contributed by atoms with Gasteiger partial charge in [0, 0.05) is 11.5 Å². The van der Waals surface area contributed by atoms with Crippen LogP contribution in [0.2, 0.25) is 0 Å². The molecule has 0 unspecified atom stereocenters. The van der Waals surface area contributed by atoms with Crippen LogP contribution in [0.5, 0.6) is 0 Å². The quantitative estimate of drug-likeness (QED) is 0.475. The van der Waals surface area contributed by atoms with Crippen molar-refractivity contribution >= 4 is 16.6 Å². The van der Waals surface area contributed by atoms with E-state index < -0.39 is 4.92 Å². The Bertz CT molecular complexity index is 435. The second kappa shape index (κ2) is 2.30. The molecule has 1 aromatic carbocycles. The predicted molar refractivity (Wildman–Crippen MR) is 40.7 cm³/mol. The van der Waals surface area contributed by atoms with Gasteiger partial charge in [0.2, 0.25) is 0 Å². The zero-order valence-corrected chi connectivity index (χ0v) is 5.93. The number of benzene rings is 1. The Hall–Kier alpha value is -1.91. The van der Waals surface area contributed by atoms with E-state index in [4.69, 9.17) is 0 Å². The van der Waals surface area contributed by atoms with Crippen LogP contribution in [0.1, 0.15) is 0 Å². The number of aromatic nitrogens is 1. The van der Waals surface area contributed by atoms with Gasteiger partial charge in [-0.1, -0.05) is 11.2 Å². The number of nitrogens with zero attached hydrogens (tertiary/aromatic N) is 2. The molecule has 0 spiro atoms. The number of nitro benzene ring substituents is 1.